The van der Waals surface area contributed by atoms with E-state index in [9.17, 15) is 24.0 Å². The van der Waals surface area contributed by atoms with Crippen molar-refractivity contribution in [3.05, 3.63) is 0 Å². The monoisotopic (exact) mass is 673 g/mol. The highest BCUT2D eigenvalue weighted by Gasteiger charge is 2.53. The Labute approximate surface area is 280 Å². The minimum absolute atomic E-state index is 0.190. The number of hydrogen-bond donors (Lipinski definition) is 1. The molecule has 0 spiro atoms. The van der Waals surface area contributed by atoms with Gasteiger partial charge in [-0.2, -0.15) is 0 Å². The van der Waals surface area contributed by atoms with E-state index in [-0.39, 0.29) is 13.2 Å². The van der Waals surface area contributed by atoms with Crippen molar-refractivity contribution in [3.8, 4) is 0 Å². The van der Waals surface area contributed by atoms with Gasteiger partial charge in [0.05, 0.1) is 12.6 Å². The average Bonchev–Trinajstić information content (AvgIpc) is 2.98. The fourth-order valence-corrected chi connectivity index (χ4v) is 5.57. The predicted molar refractivity (Wildman–Crippen MR) is 172 cm³/mol. The van der Waals surface area contributed by atoms with Crippen LogP contribution in [-0.2, 0) is 57.1 Å². The molecule has 272 valence electrons. The van der Waals surface area contributed by atoms with Crippen LogP contribution in [0.15, 0.2) is 0 Å². The summed E-state index contributed by atoms with van der Waals surface area (Å²) < 4.78 is 38.7. The predicted octanol–water partition coefficient (Wildman–Crippen LogP) is 4.83. The second kappa shape index (κ2) is 24.4. The topological polar surface area (TPSA) is 176 Å². The third kappa shape index (κ3) is 19.0. The Kier molecular flexibility index (Phi) is 21.9. The second-order valence-electron chi connectivity index (χ2n) is 12.2. The molecule has 0 radical (unpaired) electrons. The van der Waals surface area contributed by atoms with Crippen LogP contribution in [0.25, 0.3) is 0 Å². The van der Waals surface area contributed by atoms with Gasteiger partial charge in [-0.05, 0) is 12.8 Å². The normalized spacial score (nSPS) is 22.1. The van der Waals surface area contributed by atoms with Crippen LogP contribution in [0.3, 0.4) is 0 Å². The highest BCUT2D eigenvalue weighted by Crippen LogP contribution is 2.30. The highest BCUT2D eigenvalue weighted by molar-refractivity contribution is 5.69. The molecule has 1 aliphatic heterocycles. The van der Waals surface area contributed by atoms with Crippen molar-refractivity contribution in [2.45, 2.75) is 174 Å². The van der Waals surface area contributed by atoms with Crippen molar-refractivity contribution in [3.63, 3.8) is 0 Å². The number of nitrogens with two attached hydrogens (primary N) is 1. The summed E-state index contributed by atoms with van der Waals surface area (Å²) in [6.45, 7) is 7.59. The molecule has 2 N–H and O–H groups in total. The van der Waals surface area contributed by atoms with E-state index < -0.39 is 72.7 Å². The van der Waals surface area contributed by atoms with Crippen molar-refractivity contribution in [1.29, 1.82) is 0 Å². The standard InChI is InChI=1S/C34H59NO12/c1-7-8-9-10-11-12-13-14-15-16-17-18-19-20-29(43-24(3)37)28(35)21-42-34-33(46-27(6)40)32(45-26(5)39)31(44-25(4)38)30(47-34)22-41-23(2)36/h28-34H,7-22,35H2,1-6H3/t28-,29-,30+,31+,32-,33+,34+/m0/s1. The van der Waals surface area contributed by atoms with E-state index in [4.69, 9.17) is 38.9 Å². The molecule has 0 aromatic heterocycles. The molecule has 0 unspecified atom stereocenters. The summed E-state index contributed by atoms with van der Waals surface area (Å²) in [5.74, 6) is -3.33. The highest BCUT2D eigenvalue weighted by atomic mass is 16.7. The van der Waals surface area contributed by atoms with Crippen LogP contribution in [0.2, 0.25) is 0 Å². The summed E-state index contributed by atoms with van der Waals surface area (Å²) in [5, 5.41) is 0. The molecule has 1 aliphatic rings. The molecule has 0 aromatic carbocycles. The Morgan fingerprint density at radius 2 is 1.09 bits per heavy atom. The van der Waals surface area contributed by atoms with Gasteiger partial charge in [-0.15, -0.1) is 0 Å². The van der Waals surface area contributed by atoms with E-state index in [1.165, 1.54) is 71.6 Å². The van der Waals surface area contributed by atoms with Gasteiger partial charge >= 0.3 is 29.8 Å². The van der Waals surface area contributed by atoms with Gasteiger partial charge in [-0.1, -0.05) is 84.0 Å². The summed E-state index contributed by atoms with van der Waals surface area (Å²) in [7, 11) is 0. The minimum Gasteiger partial charge on any atom is -0.463 e. The number of carbonyl (C=O) groups excluding carboxylic acids is 5. The van der Waals surface area contributed by atoms with E-state index in [2.05, 4.69) is 6.92 Å². The Morgan fingerprint density at radius 3 is 1.55 bits per heavy atom. The Bertz CT molecular complexity index is 944. The molecule has 7 atom stereocenters. The molecule has 0 amide bonds. The molecule has 1 saturated heterocycles. The second-order valence-corrected chi connectivity index (χ2v) is 12.2. The fourth-order valence-electron chi connectivity index (χ4n) is 5.57. The van der Waals surface area contributed by atoms with Gasteiger partial charge in [-0.3, -0.25) is 24.0 Å². The van der Waals surface area contributed by atoms with Gasteiger partial charge in [0.25, 0.3) is 0 Å². The van der Waals surface area contributed by atoms with Crippen molar-refractivity contribution < 1.29 is 57.1 Å². The molecular weight excluding hydrogens is 614 g/mol. The molecule has 13 nitrogen and oxygen atoms in total. The zero-order valence-corrected chi connectivity index (χ0v) is 29.3. The minimum atomic E-state index is -1.37. The third-order valence-electron chi connectivity index (χ3n) is 7.79. The largest absolute Gasteiger partial charge is 0.463 e. The molecule has 1 fully saturated rings. The first kappa shape index (κ1) is 42.3. The fraction of sp³-hybridized carbons (Fsp3) is 0.853. The first-order valence-electron chi connectivity index (χ1n) is 17.2. The van der Waals surface area contributed by atoms with Gasteiger partial charge in [0, 0.05) is 34.6 Å². The maximum absolute atomic E-state index is 12.1. The van der Waals surface area contributed by atoms with E-state index >= 15 is 0 Å². The molecule has 13 heteroatoms. The van der Waals surface area contributed by atoms with Gasteiger partial charge in [0.15, 0.2) is 24.6 Å². The molecule has 0 aliphatic carbocycles. The first-order chi connectivity index (χ1) is 22.3. The molecule has 1 rings (SSSR count). The van der Waals surface area contributed by atoms with Gasteiger partial charge in [0.1, 0.15) is 18.8 Å². The van der Waals surface area contributed by atoms with Crippen molar-refractivity contribution in [2.24, 2.45) is 5.73 Å². The number of hydrogen-bond acceptors (Lipinski definition) is 13. The average molecular weight is 674 g/mol. The summed E-state index contributed by atoms with van der Waals surface area (Å²) in [5.41, 5.74) is 6.43. The van der Waals surface area contributed by atoms with E-state index in [1.54, 1.807) is 0 Å². The van der Waals surface area contributed by atoms with Crippen LogP contribution in [-0.4, -0.2) is 85.9 Å². The lowest BCUT2D eigenvalue weighted by Crippen LogP contribution is -2.63. The Morgan fingerprint density at radius 1 is 0.617 bits per heavy atom. The molecule has 0 saturated carbocycles. The van der Waals surface area contributed by atoms with E-state index in [0.29, 0.717) is 6.42 Å². The summed E-state index contributed by atoms with van der Waals surface area (Å²) in [6, 6.07) is -0.775. The number of rotatable bonds is 24. The number of unbranched alkanes of at least 4 members (excludes halogenated alkanes) is 12. The SMILES string of the molecule is CCCCCCCCCCCCCCC[C@H](OC(C)=O)[C@@H](N)CO[C@@H]1O[C@H](COC(C)=O)[C@@H](OC(C)=O)[C@H](OC(C)=O)[C@H]1OC(C)=O. The van der Waals surface area contributed by atoms with Crippen LogP contribution in [0.4, 0.5) is 0 Å². The Hall–Kier alpha value is -2.77. The van der Waals surface area contributed by atoms with Crippen molar-refractivity contribution >= 4 is 29.8 Å². The summed E-state index contributed by atoms with van der Waals surface area (Å²) in [6.07, 6.45) is 9.07. The lowest BCUT2D eigenvalue weighted by molar-refractivity contribution is -0.309. The van der Waals surface area contributed by atoms with Gasteiger partial charge in [0.2, 0.25) is 0 Å². The van der Waals surface area contributed by atoms with E-state index in [0.717, 1.165) is 46.5 Å². The zero-order valence-electron chi connectivity index (χ0n) is 29.3. The molecular formula is C34H59NO12. The molecule has 0 bridgehead atoms. The van der Waals surface area contributed by atoms with Crippen LogP contribution in [0.5, 0.6) is 0 Å². The molecule has 0 aromatic rings. The quantitative estimate of drug-likeness (QED) is 0.0839. The number of carbonyl (C=O) groups is 5. The number of esters is 5. The Balaban J connectivity index is 2.80. The maximum Gasteiger partial charge on any atom is 0.303 e. The summed E-state index contributed by atoms with van der Waals surface area (Å²) in [4.78, 5) is 59.4. The number of ether oxygens (including phenoxy) is 7. The lowest BCUT2D eigenvalue weighted by atomic mass is 9.98. The smallest absolute Gasteiger partial charge is 0.303 e. The van der Waals surface area contributed by atoms with Crippen LogP contribution >= 0.6 is 0 Å². The van der Waals surface area contributed by atoms with Crippen LogP contribution in [0.1, 0.15) is 131 Å². The van der Waals surface area contributed by atoms with Crippen LogP contribution < -0.4 is 5.73 Å². The molecule has 1 heterocycles. The lowest BCUT2D eigenvalue weighted by Gasteiger charge is -2.44. The molecule has 47 heavy (non-hydrogen) atoms. The maximum atomic E-state index is 12.1. The van der Waals surface area contributed by atoms with Crippen molar-refractivity contribution in [2.75, 3.05) is 13.2 Å². The first-order valence-corrected chi connectivity index (χ1v) is 17.2. The summed E-state index contributed by atoms with van der Waals surface area (Å²) >= 11 is 0. The van der Waals surface area contributed by atoms with Gasteiger partial charge < -0.3 is 38.9 Å². The van der Waals surface area contributed by atoms with Gasteiger partial charge in [-0.25, -0.2) is 0 Å². The van der Waals surface area contributed by atoms with Crippen molar-refractivity contribution in [1.82, 2.24) is 0 Å². The van der Waals surface area contributed by atoms with Crippen LogP contribution in [0, 0.1) is 0 Å². The van der Waals surface area contributed by atoms with E-state index in [1.807, 2.05) is 0 Å². The zero-order chi connectivity index (χ0) is 35.2. The third-order valence-corrected chi connectivity index (χ3v) is 7.79.